The van der Waals surface area contributed by atoms with E-state index in [2.05, 4.69) is 26.1 Å². The maximum Gasteiger partial charge on any atom is -0.00493 e. The Morgan fingerprint density at radius 2 is 1.67 bits per heavy atom. The van der Waals surface area contributed by atoms with Crippen molar-refractivity contribution >= 4 is 0 Å². The van der Waals surface area contributed by atoms with Crippen molar-refractivity contribution in [3.05, 3.63) is 0 Å². The van der Waals surface area contributed by atoms with Crippen LogP contribution in [0.1, 0.15) is 46.5 Å². The van der Waals surface area contributed by atoms with Crippen molar-refractivity contribution in [2.24, 2.45) is 11.8 Å². The average molecular weight is 171 g/mol. The van der Waals surface area contributed by atoms with Gasteiger partial charge in [-0.05, 0) is 31.8 Å². The Kier molecular flexibility index (Phi) is 7.58. The van der Waals surface area contributed by atoms with Crippen LogP contribution in [0.25, 0.3) is 0 Å². The third-order valence-corrected chi connectivity index (χ3v) is 2.83. The summed E-state index contributed by atoms with van der Waals surface area (Å²) >= 11 is 0. The van der Waals surface area contributed by atoms with Gasteiger partial charge in [0.05, 0.1) is 0 Å². The van der Waals surface area contributed by atoms with Crippen molar-refractivity contribution in [3.63, 3.8) is 0 Å². The smallest absolute Gasteiger partial charge is 0.00493 e. The van der Waals surface area contributed by atoms with Crippen LogP contribution in [0.3, 0.4) is 0 Å². The number of nitrogens with one attached hydrogen (secondary N) is 1. The molecule has 0 radical (unpaired) electrons. The third-order valence-electron chi connectivity index (χ3n) is 2.83. The molecule has 1 nitrogen and oxygen atoms in total. The fraction of sp³-hybridized carbons (Fsp3) is 1.00. The zero-order valence-electron chi connectivity index (χ0n) is 9.19. The lowest BCUT2D eigenvalue weighted by atomic mass is 9.89. The van der Waals surface area contributed by atoms with Crippen LogP contribution in [-0.4, -0.2) is 13.6 Å². The summed E-state index contributed by atoms with van der Waals surface area (Å²) in [5, 5.41) is 3.21. The highest BCUT2D eigenvalue weighted by Crippen LogP contribution is 2.20. The minimum absolute atomic E-state index is 0.879. The Morgan fingerprint density at radius 3 is 2.17 bits per heavy atom. The second kappa shape index (κ2) is 7.60. The van der Waals surface area contributed by atoms with E-state index in [0.717, 1.165) is 18.4 Å². The van der Waals surface area contributed by atoms with E-state index in [1.165, 1.54) is 25.7 Å². The van der Waals surface area contributed by atoms with Gasteiger partial charge in [-0.3, -0.25) is 0 Å². The van der Waals surface area contributed by atoms with E-state index in [9.17, 15) is 0 Å². The van der Waals surface area contributed by atoms with Gasteiger partial charge in [-0.15, -0.1) is 0 Å². The Balaban J connectivity index is 3.39. The number of rotatable bonds is 7. The second-order valence-corrected chi connectivity index (χ2v) is 3.99. The largest absolute Gasteiger partial charge is 0.320 e. The van der Waals surface area contributed by atoms with Gasteiger partial charge >= 0.3 is 0 Å². The molecule has 0 amide bonds. The molecule has 0 spiro atoms. The molecular weight excluding hydrogens is 146 g/mol. The molecule has 74 valence electrons. The molecule has 0 bridgehead atoms. The molecule has 2 unspecified atom stereocenters. The van der Waals surface area contributed by atoms with Crippen LogP contribution >= 0.6 is 0 Å². The normalized spacial score (nSPS) is 16.0. The summed E-state index contributed by atoms with van der Waals surface area (Å²) in [6, 6.07) is 0. The first-order valence-corrected chi connectivity index (χ1v) is 5.37. The van der Waals surface area contributed by atoms with Gasteiger partial charge in [0.1, 0.15) is 0 Å². The van der Waals surface area contributed by atoms with Gasteiger partial charge in [-0.25, -0.2) is 0 Å². The molecule has 0 aromatic heterocycles. The predicted molar refractivity (Wildman–Crippen MR) is 56.4 cm³/mol. The maximum atomic E-state index is 3.21. The molecule has 2 atom stereocenters. The van der Waals surface area contributed by atoms with E-state index in [0.29, 0.717) is 0 Å². The number of hydrogen-bond donors (Lipinski definition) is 1. The van der Waals surface area contributed by atoms with Crippen molar-refractivity contribution in [2.45, 2.75) is 46.5 Å². The van der Waals surface area contributed by atoms with Gasteiger partial charge in [0.25, 0.3) is 0 Å². The van der Waals surface area contributed by atoms with E-state index in [4.69, 9.17) is 0 Å². The van der Waals surface area contributed by atoms with E-state index >= 15 is 0 Å². The first kappa shape index (κ1) is 12.0. The van der Waals surface area contributed by atoms with Crippen LogP contribution in [-0.2, 0) is 0 Å². The molecule has 0 aliphatic carbocycles. The van der Waals surface area contributed by atoms with Crippen LogP contribution in [0, 0.1) is 11.8 Å². The van der Waals surface area contributed by atoms with Crippen molar-refractivity contribution in [1.82, 2.24) is 5.32 Å². The first-order valence-electron chi connectivity index (χ1n) is 5.37. The predicted octanol–water partition coefficient (Wildman–Crippen LogP) is 3.06. The van der Waals surface area contributed by atoms with Crippen molar-refractivity contribution in [2.75, 3.05) is 13.6 Å². The summed E-state index contributed by atoms with van der Waals surface area (Å²) in [4.78, 5) is 0. The Bertz CT molecular complexity index is 79.0. The molecular formula is C11H25N. The molecule has 1 N–H and O–H groups in total. The second-order valence-electron chi connectivity index (χ2n) is 3.99. The van der Waals surface area contributed by atoms with Crippen molar-refractivity contribution < 1.29 is 0 Å². The lowest BCUT2D eigenvalue weighted by Gasteiger charge is -2.19. The third kappa shape index (κ3) is 5.59. The summed E-state index contributed by atoms with van der Waals surface area (Å²) in [5.74, 6) is 1.78. The summed E-state index contributed by atoms with van der Waals surface area (Å²) < 4.78 is 0. The molecule has 0 aliphatic rings. The zero-order chi connectivity index (χ0) is 9.40. The molecule has 0 heterocycles. The summed E-state index contributed by atoms with van der Waals surface area (Å²) in [6.07, 6.45) is 5.46. The minimum Gasteiger partial charge on any atom is -0.320 e. The van der Waals surface area contributed by atoms with Crippen molar-refractivity contribution in [3.8, 4) is 0 Å². The highest BCUT2D eigenvalue weighted by Gasteiger charge is 2.10. The quantitative estimate of drug-likeness (QED) is 0.621. The molecule has 12 heavy (non-hydrogen) atoms. The minimum atomic E-state index is 0.879. The van der Waals surface area contributed by atoms with Gasteiger partial charge in [0, 0.05) is 0 Å². The van der Waals surface area contributed by atoms with Gasteiger partial charge in [-0.2, -0.15) is 0 Å². The van der Waals surface area contributed by atoms with Crippen LogP contribution in [0.15, 0.2) is 0 Å². The fourth-order valence-corrected chi connectivity index (χ4v) is 1.47. The average Bonchev–Trinajstić information content (AvgIpc) is 2.10. The molecule has 0 aromatic carbocycles. The summed E-state index contributed by atoms with van der Waals surface area (Å²) in [5.41, 5.74) is 0. The first-order chi connectivity index (χ1) is 5.72. The van der Waals surface area contributed by atoms with E-state index in [-0.39, 0.29) is 0 Å². The standard InChI is InChI=1S/C11H25N/c1-5-6-7-10(2)11(3)8-9-12-4/h10-12H,5-9H2,1-4H3. The van der Waals surface area contributed by atoms with E-state index in [1.807, 2.05) is 7.05 Å². The molecule has 0 fully saturated rings. The SMILES string of the molecule is CCCCC(C)C(C)CCNC. The topological polar surface area (TPSA) is 12.0 Å². The van der Waals surface area contributed by atoms with Crippen molar-refractivity contribution in [1.29, 1.82) is 0 Å². The maximum absolute atomic E-state index is 3.21. The Labute approximate surface area is 77.9 Å². The van der Waals surface area contributed by atoms with Gasteiger partial charge in [-0.1, -0.05) is 40.0 Å². The van der Waals surface area contributed by atoms with E-state index < -0.39 is 0 Å². The lowest BCUT2D eigenvalue weighted by Crippen LogP contribution is -2.16. The van der Waals surface area contributed by atoms with Crippen LogP contribution in [0.2, 0.25) is 0 Å². The molecule has 0 aromatic rings. The summed E-state index contributed by atoms with van der Waals surface area (Å²) in [6.45, 7) is 8.19. The van der Waals surface area contributed by atoms with Crippen LogP contribution in [0.5, 0.6) is 0 Å². The Hall–Kier alpha value is -0.0400. The number of unbranched alkanes of at least 4 members (excludes halogenated alkanes) is 1. The lowest BCUT2D eigenvalue weighted by molar-refractivity contribution is 0.334. The summed E-state index contributed by atoms with van der Waals surface area (Å²) in [7, 11) is 2.03. The number of hydrogen-bond acceptors (Lipinski definition) is 1. The molecule has 1 heteroatoms. The molecule has 0 aliphatic heterocycles. The molecule has 0 saturated heterocycles. The van der Waals surface area contributed by atoms with Gasteiger partial charge in [0.2, 0.25) is 0 Å². The Morgan fingerprint density at radius 1 is 1.08 bits per heavy atom. The highest BCUT2D eigenvalue weighted by molar-refractivity contribution is 4.62. The molecule has 0 rings (SSSR count). The van der Waals surface area contributed by atoms with Gasteiger partial charge in [0.15, 0.2) is 0 Å². The fourth-order valence-electron chi connectivity index (χ4n) is 1.47. The van der Waals surface area contributed by atoms with Crippen LogP contribution < -0.4 is 5.32 Å². The van der Waals surface area contributed by atoms with E-state index in [1.54, 1.807) is 0 Å². The molecule has 0 saturated carbocycles. The monoisotopic (exact) mass is 171 g/mol. The highest BCUT2D eigenvalue weighted by atomic mass is 14.8. The zero-order valence-corrected chi connectivity index (χ0v) is 9.19. The van der Waals surface area contributed by atoms with Crippen LogP contribution in [0.4, 0.5) is 0 Å². The van der Waals surface area contributed by atoms with Gasteiger partial charge < -0.3 is 5.32 Å².